The molecule has 1 aromatic rings. The summed E-state index contributed by atoms with van der Waals surface area (Å²) in [5.74, 6) is -0.337. The molecular weight excluding hydrogens is 228 g/mol. The van der Waals surface area contributed by atoms with Crippen molar-refractivity contribution in [2.75, 3.05) is 0 Å². The maximum Gasteiger partial charge on any atom is 0.348 e. The lowest BCUT2D eigenvalue weighted by atomic mass is 9.86. The first kappa shape index (κ1) is 14.6. The number of aliphatic carboxylic acids is 1. The Morgan fingerprint density at radius 2 is 2.00 bits per heavy atom. The topological polar surface area (TPSA) is 46.5 Å². The molecule has 2 atom stereocenters. The van der Waals surface area contributed by atoms with Crippen LogP contribution in [0.2, 0.25) is 0 Å². The minimum atomic E-state index is -1.17. The maximum atomic E-state index is 11.5. The van der Waals surface area contributed by atoms with Crippen LogP contribution in [0.15, 0.2) is 30.3 Å². The molecule has 0 aromatic heterocycles. The highest BCUT2D eigenvalue weighted by atomic mass is 16.5. The van der Waals surface area contributed by atoms with Gasteiger partial charge >= 0.3 is 5.97 Å². The average Bonchev–Trinajstić information content (AvgIpc) is 2.36. The number of benzene rings is 1. The van der Waals surface area contributed by atoms with Gasteiger partial charge in [-0.05, 0) is 25.5 Å². The molecular formula is C15H22O3. The lowest BCUT2D eigenvalue weighted by molar-refractivity contribution is -0.158. The summed E-state index contributed by atoms with van der Waals surface area (Å²) in [6.45, 7) is 5.69. The van der Waals surface area contributed by atoms with Crippen molar-refractivity contribution in [1.29, 1.82) is 0 Å². The number of hydrogen-bond donors (Lipinski definition) is 1. The summed E-state index contributed by atoms with van der Waals surface area (Å²) in [5.41, 5.74) is -1.17. The Bertz CT molecular complexity index is 375. The summed E-state index contributed by atoms with van der Waals surface area (Å²) in [4.78, 5) is 11.5. The fourth-order valence-corrected chi connectivity index (χ4v) is 1.87. The minimum absolute atomic E-state index is 0.0323. The van der Waals surface area contributed by atoms with E-state index in [0.29, 0.717) is 5.75 Å². The number of carboxylic acids is 1. The van der Waals surface area contributed by atoms with Crippen molar-refractivity contribution < 1.29 is 14.6 Å². The fourth-order valence-electron chi connectivity index (χ4n) is 1.87. The van der Waals surface area contributed by atoms with E-state index in [0.717, 1.165) is 19.3 Å². The van der Waals surface area contributed by atoms with Crippen molar-refractivity contribution in [3.05, 3.63) is 30.3 Å². The smallest absolute Gasteiger partial charge is 0.348 e. The third-order valence-corrected chi connectivity index (χ3v) is 3.43. The van der Waals surface area contributed by atoms with Gasteiger partial charge in [0.15, 0.2) is 0 Å². The summed E-state index contributed by atoms with van der Waals surface area (Å²) in [5, 5.41) is 9.44. The van der Waals surface area contributed by atoms with Crippen LogP contribution in [0.25, 0.3) is 0 Å². The van der Waals surface area contributed by atoms with E-state index in [1.54, 1.807) is 19.1 Å². The molecule has 0 bridgehead atoms. The van der Waals surface area contributed by atoms with Crippen LogP contribution in [-0.4, -0.2) is 16.7 Å². The van der Waals surface area contributed by atoms with Crippen LogP contribution in [-0.2, 0) is 4.79 Å². The molecule has 0 spiro atoms. The Hall–Kier alpha value is -1.51. The Morgan fingerprint density at radius 3 is 2.50 bits per heavy atom. The summed E-state index contributed by atoms with van der Waals surface area (Å²) >= 11 is 0. The second kappa shape index (κ2) is 6.43. The molecule has 0 saturated heterocycles. The molecule has 0 aliphatic rings. The monoisotopic (exact) mass is 250 g/mol. The first-order valence-corrected chi connectivity index (χ1v) is 6.48. The Labute approximate surface area is 109 Å². The van der Waals surface area contributed by atoms with Crippen molar-refractivity contribution in [2.24, 2.45) is 5.92 Å². The first-order chi connectivity index (χ1) is 8.50. The molecule has 0 aliphatic carbocycles. The minimum Gasteiger partial charge on any atom is -0.478 e. The Balaban J connectivity index is 2.83. The zero-order chi connectivity index (χ0) is 13.6. The molecule has 1 rings (SSSR count). The van der Waals surface area contributed by atoms with Gasteiger partial charge in [0.05, 0.1) is 0 Å². The molecule has 0 aliphatic heterocycles. The van der Waals surface area contributed by atoms with E-state index in [4.69, 9.17) is 4.74 Å². The first-order valence-electron chi connectivity index (χ1n) is 6.48. The van der Waals surface area contributed by atoms with Crippen LogP contribution in [0.5, 0.6) is 5.75 Å². The molecule has 100 valence electrons. The number of hydrogen-bond acceptors (Lipinski definition) is 2. The van der Waals surface area contributed by atoms with Crippen LogP contribution >= 0.6 is 0 Å². The molecule has 0 amide bonds. The molecule has 0 saturated carbocycles. The highest BCUT2D eigenvalue weighted by molar-refractivity contribution is 5.77. The SMILES string of the molecule is CCCCC(C)C(C)(Oc1ccccc1)C(=O)O. The molecule has 18 heavy (non-hydrogen) atoms. The van der Waals surface area contributed by atoms with Crippen LogP contribution in [0.3, 0.4) is 0 Å². The molecule has 3 nitrogen and oxygen atoms in total. The summed E-state index contributed by atoms with van der Waals surface area (Å²) in [7, 11) is 0. The van der Waals surface area contributed by atoms with Gasteiger partial charge in [-0.2, -0.15) is 0 Å². The van der Waals surface area contributed by atoms with Gasteiger partial charge in [-0.3, -0.25) is 0 Å². The van der Waals surface area contributed by atoms with Gasteiger partial charge in [0.1, 0.15) is 5.75 Å². The Morgan fingerprint density at radius 1 is 1.39 bits per heavy atom. The third-order valence-electron chi connectivity index (χ3n) is 3.43. The van der Waals surface area contributed by atoms with Crippen LogP contribution in [0.1, 0.15) is 40.0 Å². The lowest BCUT2D eigenvalue weighted by Crippen LogP contribution is -2.47. The van der Waals surface area contributed by atoms with Crippen molar-refractivity contribution in [3.63, 3.8) is 0 Å². The van der Waals surface area contributed by atoms with Crippen LogP contribution in [0.4, 0.5) is 0 Å². The number of ether oxygens (including phenoxy) is 1. The van der Waals surface area contributed by atoms with Crippen molar-refractivity contribution >= 4 is 5.97 Å². The number of carboxylic acid groups (broad SMARTS) is 1. The van der Waals surface area contributed by atoms with Crippen molar-refractivity contribution in [3.8, 4) is 5.75 Å². The van der Waals surface area contributed by atoms with Crippen molar-refractivity contribution in [1.82, 2.24) is 0 Å². The van der Waals surface area contributed by atoms with E-state index in [-0.39, 0.29) is 5.92 Å². The van der Waals surface area contributed by atoms with E-state index in [1.165, 1.54) is 0 Å². The molecule has 1 aromatic carbocycles. The van der Waals surface area contributed by atoms with E-state index in [2.05, 4.69) is 6.92 Å². The predicted octanol–water partition coefficient (Wildman–Crippen LogP) is 3.74. The van der Waals surface area contributed by atoms with E-state index in [9.17, 15) is 9.90 Å². The lowest BCUT2D eigenvalue weighted by Gasteiger charge is -2.32. The highest BCUT2D eigenvalue weighted by Crippen LogP contribution is 2.29. The number of rotatable bonds is 7. The van der Waals surface area contributed by atoms with E-state index in [1.807, 2.05) is 25.1 Å². The fraction of sp³-hybridized carbons (Fsp3) is 0.533. The van der Waals surface area contributed by atoms with E-state index < -0.39 is 11.6 Å². The quantitative estimate of drug-likeness (QED) is 0.802. The number of para-hydroxylation sites is 1. The largest absolute Gasteiger partial charge is 0.478 e. The van der Waals surface area contributed by atoms with Crippen molar-refractivity contribution in [2.45, 2.75) is 45.6 Å². The van der Waals surface area contributed by atoms with Gasteiger partial charge < -0.3 is 9.84 Å². The molecule has 0 radical (unpaired) electrons. The molecule has 2 unspecified atom stereocenters. The second-order valence-corrected chi connectivity index (χ2v) is 4.87. The van der Waals surface area contributed by atoms with Gasteiger partial charge in [-0.25, -0.2) is 4.79 Å². The highest BCUT2D eigenvalue weighted by Gasteiger charge is 2.41. The van der Waals surface area contributed by atoms with Gasteiger partial charge in [-0.1, -0.05) is 44.9 Å². The zero-order valence-electron chi connectivity index (χ0n) is 11.3. The Kier molecular flexibility index (Phi) is 5.20. The summed E-state index contributed by atoms with van der Waals surface area (Å²) < 4.78 is 5.72. The number of unbranched alkanes of at least 4 members (excludes halogenated alkanes) is 1. The molecule has 1 N–H and O–H groups in total. The predicted molar refractivity (Wildman–Crippen MR) is 71.8 cm³/mol. The maximum absolute atomic E-state index is 11.5. The van der Waals surface area contributed by atoms with Crippen LogP contribution in [0, 0.1) is 5.92 Å². The van der Waals surface area contributed by atoms with Gasteiger partial charge in [0.2, 0.25) is 5.60 Å². The molecule has 3 heteroatoms. The average molecular weight is 250 g/mol. The van der Waals surface area contributed by atoms with E-state index >= 15 is 0 Å². The molecule has 0 fully saturated rings. The third kappa shape index (κ3) is 3.49. The van der Waals surface area contributed by atoms with Crippen LogP contribution < -0.4 is 4.74 Å². The zero-order valence-corrected chi connectivity index (χ0v) is 11.3. The summed E-state index contributed by atoms with van der Waals surface area (Å²) in [6.07, 6.45) is 2.93. The normalized spacial score (nSPS) is 15.7. The van der Waals surface area contributed by atoms with Gasteiger partial charge in [-0.15, -0.1) is 0 Å². The van der Waals surface area contributed by atoms with Gasteiger partial charge in [0.25, 0.3) is 0 Å². The second-order valence-electron chi connectivity index (χ2n) is 4.87. The number of carbonyl (C=O) groups is 1. The summed E-state index contributed by atoms with van der Waals surface area (Å²) in [6, 6.07) is 9.13. The molecule has 0 heterocycles. The van der Waals surface area contributed by atoms with Gasteiger partial charge in [0, 0.05) is 5.92 Å². The standard InChI is InChI=1S/C15H22O3/c1-4-5-9-12(2)15(3,14(16)17)18-13-10-7-6-8-11-13/h6-8,10-12H,4-5,9H2,1-3H3,(H,16,17).